The van der Waals surface area contributed by atoms with Crippen molar-refractivity contribution in [1.82, 2.24) is 4.90 Å². The van der Waals surface area contributed by atoms with Crippen LogP contribution in [0.5, 0.6) is 0 Å². The number of carbonyl (C=O) groups excluding carboxylic acids is 2. The molecule has 5 nitrogen and oxygen atoms in total. The largest absolute Gasteiger partial charge is 0.507 e. The van der Waals surface area contributed by atoms with E-state index in [-0.39, 0.29) is 11.3 Å². The van der Waals surface area contributed by atoms with Gasteiger partial charge in [-0.25, -0.2) is 0 Å². The van der Waals surface area contributed by atoms with Crippen LogP contribution in [-0.4, -0.2) is 48.0 Å². The average Bonchev–Trinajstić information content (AvgIpc) is 2.97. The van der Waals surface area contributed by atoms with Crippen molar-refractivity contribution in [3.8, 4) is 0 Å². The molecule has 2 aromatic carbocycles. The van der Waals surface area contributed by atoms with E-state index in [4.69, 9.17) is 4.74 Å². The first-order valence-electron chi connectivity index (χ1n) is 9.60. The third-order valence-corrected chi connectivity index (χ3v) is 4.93. The lowest BCUT2D eigenvalue weighted by Gasteiger charge is -2.22. The van der Waals surface area contributed by atoms with E-state index in [2.05, 4.69) is 0 Å². The van der Waals surface area contributed by atoms with E-state index < -0.39 is 17.7 Å². The van der Waals surface area contributed by atoms with Crippen LogP contribution in [0.3, 0.4) is 0 Å². The van der Waals surface area contributed by atoms with Gasteiger partial charge in [0.2, 0.25) is 0 Å². The number of likely N-dealkylation sites (tertiary alicyclic amines) is 1. The van der Waals surface area contributed by atoms with Crippen LogP contribution in [0.15, 0.2) is 66.2 Å². The van der Waals surface area contributed by atoms with Gasteiger partial charge in [-0.3, -0.25) is 9.59 Å². The number of amides is 1. The molecule has 1 atom stereocenters. The number of nitrogens with zero attached hydrogens (tertiary/aromatic N) is 1. The summed E-state index contributed by atoms with van der Waals surface area (Å²) in [6.45, 7) is 2.80. The molecule has 29 heavy (non-hydrogen) atoms. The minimum Gasteiger partial charge on any atom is -0.507 e. The van der Waals surface area contributed by atoms with Crippen molar-refractivity contribution in [1.29, 1.82) is 0 Å². The van der Waals surface area contributed by atoms with Crippen LogP contribution in [0.2, 0.25) is 0 Å². The summed E-state index contributed by atoms with van der Waals surface area (Å²) in [5, 5.41) is 10.9. The summed E-state index contributed by atoms with van der Waals surface area (Å²) in [5.74, 6) is -1.42. The number of aryl methyl sites for hydroxylation is 1. The number of ether oxygens (including phenoxy) is 1. The van der Waals surface area contributed by atoms with Gasteiger partial charge in [0.15, 0.2) is 0 Å². The van der Waals surface area contributed by atoms with Crippen molar-refractivity contribution in [2.24, 2.45) is 0 Å². The first kappa shape index (κ1) is 20.6. The molecule has 0 radical (unpaired) electrons. The number of benzene rings is 2. The van der Waals surface area contributed by atoms with Crippen molar-refractivity contribution in [3.63, 3.8) is 0 Å². The molecule has 0 saturated carbocycles. The number of carbonyl (C=O) groups is 2. The zero-order chi connectivity index (χ0) is 20.8. The molecule has 0 aliphatic carbocycles. The van der Waals surface area contributed by atoms with E-state index in [1.807, 2.05) is 55.5 Å². The van der Waals surface area contributed by atoms with E-state index >= 15 is 0 Å². The molecule has 1 saturated heterocycles. The monoisotopic (exact) mass is 391 g/mol. The second-order valence-electron chi connectivity index (χ2n) is 7.02. The molecule has 0 bridgehead atoms. The van der Waals surface area contributed by atoms with E-state index in [9.17, 15) is 14.7 Å². The lowest BCUT2D eigenvalue weighted by atomic mass is 9.99. The fourth-order valence-electron chi connectivity index (χ4n) is 3.36. The van der Waals surface area contributed by atoms with Crippen LogP contribution >= 0.6 is 0 Å². The molecule has 3 rings (SSSR count). The number of Topliss-reactive ketones (excluding diaryl/α,β-unsaturated/α-hetero) is 1. The highest BCUT2D eigenvalue weighted by Crippen LogP contribution is 2.30. The predicted octanol–water partition coefficient (Wildman–Crippen LogP) is 3.79. The first-order chi connectivity index (χ1) is 14.0. The summed E-state index contributed by atoms with van der Waals surface area (Å²) in [7, 11) is 1.60. The Morgan fingerprint density at radius 1 is 1.10 bits per heavy atom. The highest BCUT2D eigenvalue weighted by Gasteiger charge is 2.43. The van der Waals surface area contributed by atoms with Crippen LogP contribution in [0.25, 0.3) is 11.8 Å². The van der Waals surface area contributed by atoms with Gasteiger partial charge in [0, 0.05) is 25.8 Å². The SMILES string of the molecule is COCCCN1C(=O)C(=O)C(=C(O)c2ccc(C)cc2)[C@@H]1/C=C/c1ccccc1. The maximum atomic E-state index is 12.8. The number of hydrogen-bond acceptors (Lipinski definition) is 4. The zero-order valence-corrected chi connectivity index (χ0v) is 16.7. The Kier molecular flexibility index (Phi) is 6.62. The van der Waals surface area contributed by atoms with Gasteiger partial charge in [0.05, 0.1) is 11.6 Å². The molecule has 0 unspecified atom stereocenters. The summed E-state index contributed by atoms with van der Waals surface area (Å²) in [6.07, 6.45) is 4.26. The number of aliphatic hydroxyl groups is 1. The molecule has 1 heterocycles. The molecule has 0 spiro atoms. The maximum absolute atomic E-state index is 12.8. The highest BCUT2D eigenvalue weighted by molar-refractivity contribution is 6.47. The topological polar surface area (TPSA) is 66.8 Å². The molecule has 5 heteroatoms. The number of methoxy groups -OCH3 is 1. The Labute approximate surface area is 170 Å². The second-order valence-corrected chi connectivity index (χ2v) is 7.02. The molecule has 1 fully saturated rings. The highest BCUT2D eigenvalue weighted by atomic mass is 16.5. The van der Waals surface area contributed by atoms with Gasteiger partial charge < -0.3 is 14.7 Å². The third kappa shape index (κ3) is 4.63. The van der Waals surface area contributed by atoms with E-state index in [1.54, 1.807) is 25.3 Å². The van der Waals surface area contributed by atoms with Gasteiger partial charge in [0.25, 0.3) is 11.7 Å². The summed E-state index contributed by atoms with van der Waals surface area (Å²) in [5.41, 5.74) is 2.62. The molecule has 150 valence electrons. The Morgan fingerprint density at radius 3 is 2.45 bits per heavy atom. The van der Waals surface area contributed by atoms with Crippen molar-refractivity contribution < 1.29 is 19.4 Å². The van der Waals surface area contributed by atoms with Gasteiger partial charge in [-0.2, -0.15) is 0 Å². The van der Waals surface area contributed by atoms with Gasteiger partial charge >= 0.3 is 0 Å². The lowest BCUT2D eigenvalue weighted by molar-refractivity contribution is -0.139. The first-order valence-corrected chi connectivity index (χ1v) is 9.60. The van der Waals surface area contributed by atoms with Crippen molar-refractivity contribution >= 4 is 23.5 Å². The zero-order valence-electron chi connectivity index (χ0n) is 16.7. The van der Waals surface area contributed by atoms with Gasteiger partial charge in [-0.15, -0.1) is 0 Å². The molecule has 2 aromatic rings. The van der Waals surface area contributed by atoms with Gasteiger partial charge in [-0.05, 0) is 18.9 Å². The second kappa shape index (κ2) is 9.34. The summed E-state index contributed by atoms with van der Waals surface area (Å²) < 4.78 is 5.08. The number of hydrogen-bond donors (Lipinski definition) is 1. The molecular weight excluding hydrogens is 366 g/mol. The number of ketones is 1. The van der Waals surface area contributed by atoms with Crippen LogP contribution in [0, 0.1) is 6.92 Å². The number of aliphatic hydroxyl groups excluding tert-OH is 1. The van der Waals surface area contributed by atoms with Crippen molar-refractivity contribution in [2.75, 3.05) is 20.3 Å². The van der Waals surface area contributed by atoms with Crippen LogP contribution in [0.4, 0.5) is 0 Å². The maximum Gasteiger partial charge on any atom is 0.295 e. The van der Waals surface area contributed by atoms with E-state index in [1.165, 1.54) is 4.90 Å². The van der Waals surface area contributed by atoms with Gasteiger partial charge in [-0.1, -0.05) is 72.3 Å². The van der Waals surface area contributed by atoms with Crippen molar-refractivity contribution in [2.45, 2.75) is 19.4 Å². The molecule has 1 amide bonds. The average molecular weight is 391 g/mol. The molecule has 1 aliphatic heterocycles. The molecule has 1 N–H and O–H groups in total. The fraction of sp³-hybridized carbons (Fsp3) is 0.250. The predicted molar refractivity (Wildman–Crippen MR) is 113 cm³/mol. The molecular formula is C24H25NO4. The molecule has 0 aromatic heterocycles. The lowest BCUT2D eigenvalue weighted by Crippen LogP contribution is -2.34. The minimum atomic E-state index is -0.664. The Bertz CT molecular complexity index is 929. The normalized spacial score (nSPS) is 18.7. The summed E-state index contributed by atoms with van der Waals surface area (Å²) >= 11 is 0. The van der Waals surface area contributed by atoms with Crippen molar-refractivity contribution in [3.05, 3.63) is 82.9 Å². The summed E-state index contributed by atoms with van der Waals surface area (Å²) in [4.78, 5) is 27.0. The number of rotatable bonds is 7. The van der Waals surface area contributed by atoms with Gasteiger partial charge in [0.1, 0.15) is 5.76 Å². The Balaban J connectivity index is 2.02. The minimum absolute atomic E-state index is 0.114. The standard InChI is InChI=1S/C24H25NO4/c1-17-9-12-19(13-10-17)22(26)21-20(14-11-18-7-4-3-5-8-18)25(15-6-16-29-2)24(28)23(21)27/h3-5,7-14,20,26H,6,15-16H2,1-2H3/b14-11+,22-21?/t20-/m0/s1. The molecule has 1 aliphatic rings. The third-order valence-electron chi connectivity index (χ3n) is 4.93. The Hall–Kier alpha value is -3.18. The smallest absolute Gasteiger partial charge is 0.295 e. The van der Waals surface area contributed by atoms with Crippen LogP contribution < -0.4 is 0 Å². The fourth-order valence-corrected chi connectivity index (χ4v) is 3.36. The van der Waals surface area contributed by atoms with Crippen LogP contribution in [-0.2, 0) is 14.3 Å². The van der Waals surface area contributed by atoms with Crippen LogP contribution in [0.1, 0.15) is 23.1 Å². The Morgan fingerprint density at radius 2 is 1.79 bits per heavy atom. The van der Waals surface area contributed by atoms with E-state index in [0.717, 1.165) is 11.1 Å². The summed E-state index contributed by atoms with van der Waals surface area (Å²) in [6, 6.07) is 16.2. The quantitative estimate of drug-likeness (QED) is 0.337. The van der Waals surface area contributed by atoms with E-state index in [0.29, 0.717) is 25.1 Å².